The number of amides is 1. The van der Waals surface area contributed by atoms with Gasteiger partial charge in [0.2, 0.25) is 5.91 Å². The van der Waals surface area contributed by atoms with Crippen molar-refractivity contribution in [2.75, 3.05) is 19.7 Å². The van der Waals surface area contributed by atoms with Crippen molar-refractivity contribution in [3.63, 3.8) is 0 Å². The number of hydrogen-bond acceptors (Lipinski definition) is 5. The molecule has 122 valence electrons. The van der Waals surface area contributed by atoms with E-state index in [-0.39, 0.29) is 12.0 Å². The fourth-order valence-corrected chi connectivity index (χ4v) is 2.86. The number of H-pyrrole nitrogens is 1. The Kier molecular flexibility index (Phi) is 4.66. The van der Waals surface area contributed by atoms with Crippen LogP contribution in [0.5, 0.6) is 0 Å². The Labute approximate surface area is 135 Å². The first-order valence-corrected chi connectivity index (χ1v) is 7.81. The quantitative estimate of drug-likeness (QED) is 0.920. The van der Waals surface area contributed by atoms with E-state index in [1.54, 1.807) is 18.6 Å². The van der Waals surface area contributed by atoms with Gasteiger partial charge in [-0.25, -0.2) is 0 Å². The molecule has 0 aromatic carbocycles. The second-order valence-corrected chi connectivity index (χ2v) is 5.74. The Bertz CT molecular complexity index is 651. The molecule has 1 atom stereocenters. The second kappa shape index (κ2) is 6.87. The average molecular weight is 315 g/mol. The van der Waals surface area contributed by atoms with Crippen molar-refractivity contribution in [1.29, 1.82) is 0 Å². The first-order chi connectivity index (χ1) is 11.1. The van der Waals surface area contributed by atoms with Gasteiger partial charge in [0.1, 0.15) is 6.10 Å². The van der Waals surface area contributed by atoms with Crippen LogP contribution in [0.3, 0.4) is 0 Å². The topological polar surface area (TPSA) is 84.0 Å². The predicted molar refractivity (Wildman–Crippen MR) is 83.7 cm³/mol. The van der Waals surface area contributed by atoms with Crippen molar-refractivity contribution in [2.45, 2.75) is 32.8 Å². The normalized spacial score (nSPS) is 18.2. The maximum atomic E-state index is 12.5. The van der Waals surface area contributed by atoms with Gasteiger partial charge in [-0.3, -0.25) is 19.9 Å². The molecule has 1 fully saturated rings. The zero-order valence-electron chi connectivity index (χ0n) is 13.5. The maximum absolute atomic E-state index is 12.5. The van der Waals surface area contributed by atoms with Crippen molar-refractivity contribution in [3.8, 4) is 0 Å². The zero-order valence-corrected chi connectivity index (χ0v) is 13.5. The molecule has 0 unspecified atom stereocenters. The molecule has 1 aliphatic rings. The van der Waals surface area contributed by atoms with Gasteiger partial charge < -0.3 is 9.64 Å². The van der Waals surface area contributed by atoms with E-state index in [1.807, 2.05) is 18.7 Å². The molecule has 0 saturated carbocycles. The number of rotatable bonds is 4. The summed E-state index contributed by atoms with van der Waals surface area (Å²) in [6, 6.07) is 0. The minimum absolute atomic E-state index is 0.141. The van der Waals surface area contributed by atoms with Crippen molar-refractivity contribution in [2.24, 2.45) is 0 Å². The maximum Gasteiger partial charge on any atom is 0.223 e. The third-order valence-electron chi connectivity index (χ3n) is 4.20. The first-order valence-electron chi connectivity index (χ1n) is 7.81. The Balaban J connectivity index is 1.59. The number of aromatic nitrogens is 4. The standard InChI is InChI=1S/C16H21N5O2/c1-11-13(12(2)20-19-11)3-4-16(22)21-7-8-23-15(10-21)14-9-17-5-6-18-14/h5-6,9,15H,3-4,7-8,10H2,1-2H3,(H,19,20)/t15-/m1/s1. The van der Waals surface area contributed by atoms with Crippen LogP contribution >= 0.6 is 0 Å². The molecular formula is C16H21N5O2. The number of aromatic amines is 1. The highest BCUT2D eigenvalue weighted by Crippen LogP contribution is 2.21. The number of carbonyl (C=O) groups is 1. The summed E-state index contributed by atoms with van der Waals surface area (Å²) in [7, 11) is 0. The van der Waals surface area contributed by atoms with Crippen LogP contribution in [0.4, 0.5) is 0 Å². The van der Waals surface area contributed by atoms with E-state index in [9.17, 15) is 4.79 Å². The monoisotopic (exact) mass is 315 g/mol. The van der Waals surface area contributed by atoms with Crippen LogP contribution in [0.15, 0.2) is 18.6 Å². The van der Waals surface area contributed by atoms with Gasteiger partial charge in [0.25, 0.3) is 0 Å². The molecule has 2 aromatic heterocycles. The Hall–Kier alpha value is -2.28. The van der Waals surface area contributed by atoms with Crippen molar-refractivity contribution < 1.29 is 9.53 Å². The van der Waals surface area contributed by atoms with Crippen LogP contribution in [-0.2, 0) is 16.0 Å². The van der Waals surface area contributed by atoms with E-state index in [2.05, 4.69) is 20.2 Å². The number of nitrogens with one attached hydrogen (secondary N) is 1. The lowest BCUT2D eigenvalue weighted by Gasteiger charge is -2.32. The van der Waals surface area contributed by atoms with Crippen LogP contribution in [0.2, 0.25) is 0 Å². The summed E-state index contributed by atoms with van der Waals surface area (Å²) in [5, 5.41) is 7.13. The highest BCUT2D eigenvalue weighted by atomic mass is 16.5. The molecule has 1 amide bonds. The Morgan fingerprint density at radius 3 is 3.00 bits per heavy atom. The van der Waals surface area contributed by atoms with Gasteiger partial charge in [-0.05, 0) is 25.8 Å². The number of aryl methyl sites for hydroxylation is 2. The molecule has 3 heterocycles. The van der Waals surface area contributed by atoms with Crippen LogP contribution < -0.4 is 0 Å². The van der Waals surface area contributed by atoms with Gasteiger partial charge in [-0.2, -0.15) is 5.10 Å². The lowest BCUT2D eigenvalue weighted by molar-refractivity contribution is -0.139. The highest BCUT2D eigenvalue weighted by molar-refractivity contribution is 5.76. The predicted octanol–water partition coefficient (Wildman–Crippen LogP) is 1.35. The molecule has 7 nitrogen and oxygen atoms in total. The third kappa shape index (κ3) is 3.56. The van der Waals surface area contributed by atoms with Gasteiger partial charge in [-0.1, -0.05) is 0 Å². The molecule has 1 saturated heterocycles. The van der Waals surface area contributed by atoms with Crippen molar-refractivity contribution in [1.82, 2.24) is 25.1 Å². The van der Waals surface area contributed by atoms with E-state index in [4.69, 9.17) is 4.74 Å². The summed E-state index contributed by atoms with van der Waals surface area (Å²) >= 11 is 0. The summed E-state index contributed by atoms with van der Waals surface area (Å²) < 4.78 is 5.72. The van der Waals surface area contributed by atoms with Crippen LogP contribution in [0.1, 0.15) is 35.2 Å². The molecule has 1 N–H and O–H groups in total. The molecule has 0 spiro atoms. The van der Waals surface area contributed by atoms with Crippen LogP contribution in [0.25, 0.3) is 0 Å². The largest absolute Gasteiger partial charge is 0.368 e. The third-order valence-corrected chi connectivity index (χ3v) is 4.20. The summed E-state index contributed by atoms with van der Waals surface area (Å²) in [6.07, 6.45) is 5.96. The minimum Gasteiger partial charge on any atom is -0.368 e. The van der Waals surface area contributed by atoms with Crippen LogP contribution in [-0.4, -0.2) is 50.7 Å². The smallest absolute Gasteiger partial charge is 0.223 e. The van der Waals surface area contributed by atoms with E-state index in [0.717, 1.165) is 22.6 Å². The van der Waals surface area contributed by atoms with Gasteiger partial charge in [0.05, 0.1) is 30.7 Å². The molecule has 0 aliphatic carbocycles. The summed E-state index contributed by atoms with van der Waals surface area (Å²) in [6.45, 7) is 5.62. The zero-order chi connectivity index (χ0) is 16.2. The van der Waals surface area contributed by atoms with E-state index < -0.39 is 0 Å². The highest BCUT2D eigenvalue weighted by Gasteiger charge is 2.26. The fraction of sp³-hybridized carbons (Fsp3) is 0.500. The molecule has 0 bridgehead atoms. The molecule has 1 aliphatic heterocycles. The number of ether oxygens (including phenoxy) is 1. The van der Waals surface area contributed by atoms with E-state index >= 15 is 0 Å². The fourth-order valence-electron chi connectivity index (χ4n) is 2.86. The first kappa shape index (κ1) is 15.6. The lowest BCUT2D eigenvalue weighted by atomic mass is 10.1. The average Bonchev–Trinajstić information content (AvgIpc) is 2.92. The SMILES string of the molecule is Cc1n[nH]c(C)c1CCC(=O)N1CCO[C@@H](c2cnccn2)C1. The number of hydrogen-bond donors (Lipinski definition) is 1. The molecule has 23 heavy (non-hydrogen) atoms. The number of morpholine rings is 1. The molecule has 3 rings (SSSR count). The van der Waals surface area contributed by atoms with E-state index in [1.165, 1.54) is 0 Å². The van der Waals surface area contributed by atoms with Gasteiger partial charge in [-0.15, -0.1) is 0 Å². The second-order valence-electron chi connectivity index (χ2n) is 5.74. The van der Waals surface area contributed by atoms with E-state index in [0.29, 0.717) is 32.5 Å². The summed E-state index contributed by atoms with van der Waals surface area (Å²) in [5.41, 5.74) is 3.91. The van der Waals surface area contributed by atoms with Gasteiger partial charge in [0, 0.05) is 31.1 Å². The number of carbonyl (C=O) groups excluding carboxylic acids is 1. The molecule has 7 heteroatoms. The molecule has 0 radical (unpaired) electrons. The van der Waals surface area contributed by atoms with Gasteiger partial charge in [0.15, 0.2) is 0 Å². The summed E-state index contributed by atoms with van der Waals surface area (Å²) in [5.74, 6) is 0.141. The van der Waals surface area contributed by atoms with Crippen LogP contribution in [0, 0.1) is 13.8 Å². The Morgan fingerprint density at radius 1 is 1.43 bits per heavy atom. The number of nitrogens with zero attached hydrogens (tertiary/aromatic N) is 4. The Morgan fingerprint density at radius 2 is 2.30 bits per heavy atom. The molecule has 2 aromatic rings. The van der Waals surface area contributed by atoms with Gasteiger partial charge >= 0.3 is 0 Å². The minimum atomic E-state index is -0.196. The van der Waals surface area contributed by atoms with Crippen molar-refractivity contribution >= 4 is 5.91 Å². The summed E-state index contributed by atoms with van der Waals surface area (Å²) in [4.78, 5) is 22.7. The van der Waals surface area contributed by atoms with Crippen molar-refractivity contribution in [3.05, 3.63) is 41.2 Å². The lowest BCUT2D eigenvalue weighted by Crippen LogP contribution is -2.42. The molecular weight excluding hydrogens is 294 g/mol.